The number of furan rings is 1. The van der Waals surface area contributed by atoms with E-state index in [-0.39, 0.29) is 28.0 Å². The maximum atomic E-state index is 13.1. The van der Waals surface area contributed by atoms with Crippen LogP contribution in [0.15, 0.2) is 45.6 Å². The Balaban J connectivity index is 2.19. The molecule has 0 aliphatic carbocycles. The van der Waals surface area contributed by atoms with Crippen molar-refractivity contribution in [2.75, 3.05) is 12.4 Å². The van der Waals surface area contributed by atoms with Crippen molar-refractivity contribution in [3.05, 3.63) is 58.1 Å². The summed E-state index contributed by atoms with van der Waals surface area (Å²) in [6.45, 7) is 1.84. The van der Waals surface area contributed by atoms with Gasteiger partial charge < -0.3 is 9.73 Å². The molecule has 0 aliphatic heterocycles. The Morgan fingerprint density at radius 1 is 1.15 bits per heavy atom. The van der Waals surface area contributed by atoms with E-state index in [0.29, 0.717) is 5.69 Å². The van der Waals surface area contributed by atoms with Gasteiger partial charge >= 0.3 is 11.9 Å². The maximum Gasteiger partial charge on any atom is 0.433 e. The van der Waals surface area contributed by atoms with E-state index in [0.717, 1.165) is 11.6 Å². The van der Waals surface area contributed by atoms with Crippen LogP contribution in [0.1, 0.15) is 11.3 Å². The summed E-state index contributed by atoms with van der Waals surface area (Å²) in [6, 6.07) is 9.01. The summed E-state index contributed by atoms with van der Waals surface area (Å²) in [5.74, 6) is 0.130. The minimum atomic E-state index is -4.62. The molecular formula is C18H13F3N4O2. The van der Waals surface area contributed by atoms with Gasteiger partial charge in [-0.05, 0) is 36.8 Å². The van der Waals surface area contributed by atoms with Crippen LogP contribution in [-0.2, 0) is 6.18 Å². The summed E-state index contributed by atoms with van der Waals surface area (Å²) in [5.41, 5.74) is -0.0284. The van der Waals surface area contributed by atoms with E-state index in [9.17, 15) is 18.0 Å². The Hall–Kier alpha value is -3.36. The fraction of sp³-hybridized carbons (Fsp3) is 0.167. The number of benzene rings is 1. The van der Waals surface area contributed by atoms with Gasteiger partial charge in [-0.25, -0.2) is 9.78 Å². The summed E-state index contributed by atoms with van der Waals surface area (Å²) < 4.78 is 46.3. The number of pyridine rings is 1. The molecule has 1 aromatic carbocycles. The lowest BCUT2D eigenvalue weighted by Gasteiger charge is -2.10. The molecule has 0 saturated heterocycles. The normalized spacial score (nSPS) is 12.0. The van der Waals surface area contributed by atoms with Crippen molar-refractivity contribution in [2.24, 2.45) is 0 Å². The van der Waals surface area contributed by atoms with E-state index < -0.39 is 17.6 Å². The largest absolute Gasteiger partial charge is 0.449 e. The smallest absolute Gasteiger partial charge is 0.433 e. The number of nitrogens with zero attached hydrogens (tertiary/aromatic N) is 3. The average Bonchev–Trinajstić information content (AvgIpc) is 2.99. The first-order valence-electron chi connectivity index (χ1n) is 7.98. The maximum absolute atomic E-state index is 13.1. The second-order valence-corrected chi connectivity index (χ2v) is 5.99. The molecule has 0 saturated carbocycles. The number of aromatic nitrogens is 3. The van der Waals surface area contributed by atoms with Gasteiger partial charge in [0.1, 0.15) is 16.7 Å². The van der Waals surface area contributed by atoms with Gasteiger partial charge in [-0.1, -0.05) is 12.1 Å². The van der Waals surface area contributed by atoms with Crippen molar-refractivity contribution in [1.82, 2.24) is 14.5 Å². The Morgan fingerprint density at radius 3 is 2.59 bits per heavy atom. The van der Waals surface area contributed by atoms with Gasteiger partial charge in [-0.2, -0.15) is 18.2 Å². The zero-order valence-corrected chi connectivity index (χ0v) is 14.3. The molecule has 1 N–H and O–H groups in total. The lowest BCUT2D eigenvalue weighted by Crippen LogP contribution is -2.23. The van der Waals surface area contributed by atoms with Gasteiger partial charge in [0.25, 0.3) is 0 Å². The quantitative estimate of drug-likeness (QED) is 0.576. The van der Waals surface area contributed by atoms with E-state index >= 15 is 0 Å². The number of alkyl halides is 3. The first-order chi connectivity index (χ1) is 12.8. The summed E-state index contributed by atoms with van der Waals surface area (Å²) in [5, 5.41) is 2.74. The topological polar surface area (TPSA) is 73.0 Å². The summed E-state index contributed by atoms with van der Waals surface area (Å²) >= 11 is 0. The zero-order chi connectivity index (χ0) is 19.3. The average molecular weight is 374 g/mol. The number of rotatable bonds is 2. The van der Waals surface area contributed by atoms with Gasteiger partial charge in [0.2, 0.25) is 0 Å². The Bertz CT molecular complexity index is 1240. The number of aryl methyl sites for hydroxylation is 1. The van der Waals surface area contributed by atoms with Crippen LogP contribution in [-0.4, -0.2) is 21.6 Å². The van der Waals surface area contributed by atoms with Crippen LogP contribution in [0.25, 0.3) is 27.9 Å². The van der Waals surface area contributed by atoms with Crippen LogP contribution < -0.4 is 11.0 Å². The van der Waals surface area contributed by atoms with Crippen molar-refractivity contribution < 1.29 is 17.6 Å². The van der Waals surface area contributed by atoms with Crippen molar-refractivity contribution >= 4 is 28.0 Å². The molecule has 0 bridgehead atoms. The Labute approximate surface area is 150 Å². The van der Waals surface area contributed by atoms with Gasteiger partial charge in [0, 0.05) is 7.05 Å². The van der Waals surface area contributed by atoms with E-state index in [4.69, 9.17) is 4.42 Å². The predicted molar refractivity (Wildman–Crippen MR) is 94.2 cm³/mol. The molecule has 0 radical (unpaired) electrons. The minimum Gasteiger partial charge on any atom is -0.449 e. The SMILES string of the molecule is CNc1nc(=O)n(-c2cccc(C)c2)c2c1oc1ccc(C(F)(F)F)nc12. The lowest BCUT2D eigenvalue weighted by molar-refractivity contribution is -0.140. The third kappa shape index (κ3) is 2.71. The van der Waals surface area contributed by atoms with Gasteiger partial charge in [0.05, 0.1) is 5.69 Å². The number of fused-ring (bicyclic) bond motifs is 3. The molecule has 4 rings (SSSR count). The molecular weight excluding hydrogens is 361 g/mol. The molecule has 0 aliphatic rings. The molecule has 6 nitrogen and oxygen atoms in total. The Kier molecular flexibility index (Phi) is 3.69. The van der Waals surface area contributed by atoms with Crippen LogP contribution in [0.3, 0.4) is 0 Å². The molecule has 0 unspecified atom stereocenters. The predicted octanol–water partition coefficient (Wildman–Crippen LogP) is 3.90. The van der Waals surface area contributed by atoms with Crippen LogP contribution in [0.2, 0.25) is 0 Å². The van der Waals surface area contributed by atoms with Crippen molar-refractivity contribution in [3.8, 4) is 5.69 Å². The molecule has 3 aromatic heterocycles. The minimum absolute atomic E-state index is 0.0580. The number of hydrogen-bond acceptors (Lipinski definition) is 5. The highest BCUT2D eigenvalue weighted by Gasteiger charge is 2.33. The molecule has 0 atom stereocenters. The van der Waals surface area contributed by atoms with Crippen LogP contribution in [0, 0.1) is 6.92 Å². The van der Waals surface area contributed by atoms with E-state index in [2.05, 4.69) is 15.3 Å². The first-order valence-corrected chi connectivity index (χ1v) is 7.98. The zero-order valence-electron chi connectivity index (χ0n) is 14.3. The van der Waals surface area contributed by atoms with Crippen molar-refractivity contribution in [2.45, 2.75) is 13.1 Å². The second-order valence-electron chi connectivity index (χ2n) is 5.99. The van der Waals surface area contributed by atoms with Gasteiger partial charge in [-0.3, -0.25) is 4.57 Å². The monoisotopic (exact) mass is 374 g/mol. The highest BCUT2D eigenvalue weighted by molar-refractivity contribution is 6.04. The van der Waals surface area contributed by atoms with Crippen LogP contribution in [0.5, 0.6) is 0 Å². The number of hydrogen-bond donors (Lipinski definition) is 1. The van der Waals surface area contributed by atoms with Crippen molar-refractivity contribution in [3.63, 3.8) is 0 Å². The van der Waals surface area contributed by atoms with Crippen molar-refractivity contribution in [1.29, 1.82) is 0 Å². The standard InChI is InChI=1S/C18H13F3N4O2/c1-9-4-3-5-10(8-9)25-14-13-11(6-7-12(23-13)18(19,20)21)27-15(14)16(22-2)24-17(25)26/h3-8H,1-2H3,(H,22,24,26). The van der Waals surface area contributed by atoms with Gasteiger partial charge in [0.15, 0.2) is 17.0 Å². The summed E-state index contributed by atoms with van der Waals surface area (Å²) in [7, 11) is 1.54. The first kappa shape index (κ1) is 17.1. The molecule has 0 amide bonds. The fourth-order valence-corrected chi connectivity index (χ4v) is 2.96. The second kappa shape index (κ2) is 5.83. The number of anilines is 1. The van der Waals surface area contributed by atoms with Gasteiger partial charge in [-0.15, -0.1) is 0 Å². The third-order valence-electron chi connectivity index (χ3n) is 4.13. The molecule has 4 aromatic rings. The molecule has 0 spiro atoms. The lowest BCUT2D eigenvalue weighted by atomic mass is 10.2. The highest BCUT2D eigenvalue weighted by Crippen LogP contribution is 2.35. The van der Waals surface area contributed by atoms with E-state index in [1.54, 1.807) is 25.2 Å². The van der Waals surface area contributed by atoms with E-state index in [1.165, 1.54) is 10.6 Å². The van der Waals surface area contributed by atoms with E-state index in [1.807, 2.05) is 13.0 Å². The van der Waals surface area contributed by atoms with Crippen LogP contribution >= 0.6 is 0 Å². The Morgan fingerprint density at radius 2 is 1.93 bits per heavy atom. The molecule has 0 fully saturated rings. The third-order valence-corrected chi connectivity index (χ3v) is 4.13. The molecule has 3 heterocycles. The number of nitrogens with one attached hydrogen (secondary N) is 1. The highest BCUT2D eigenvalue weighted by atomic mass is 19.4. The molecule has 138 valence electrons. The summed E-state index contributed by atoms with van der Waals surface area (Å²) in [4.78, 5) is 20.3. The number of halogens is 3. The molecule has 9 heteroatoms. The summed E-state index contributed by atoms with van der Waals surface area (Å²) in [6.07, 6.45) is -4.62. The molecule has 27 heavy (non-hydrogen) atoms. The fourth-order valence-electron chi connectivity index (χ4n) is 2.96. The van der Waals surface area contributed by atoms with Crippen LogP contribution in [0.4, 0.5) is 19.0 Å².